The van der Waals surface area contributed by atoms with E-state index in [1.165, 1.54) is 12.1 Å². The Morgan fingerprint density at radius 3 is 2.67 bits per heavy atom. The smallest absolute Gasteiger partial charge is 0.291 e. The molecule has 0 spiro atoms. The SMILES string of the molecule is [2H]C([2H])([2H])n1nc(-c2nnc(C(F)F)s2)c2cc(S(=O)(=O)N(COCC[Si](C)(C)C)C3(C#N)CC3)cc(Br)c21. The van der Waals surface area contributed by atoms with Crippen molar-refractivity contribution in [2.24, 2.45) is 6.98 Å². The van der Waals surface area contributed by atoms with Gasteiger partial charge in [-0.15, -0.1) is 10.2 Å². The van der Waals surface area contributed by atoms with E-state index in [0.717, 1.165) is 10.3 Å². The molecule has 1 aliphatic carbocycles. The maximum absolute atomic E-state index is 13.9. The third kappa shape index (κ3) is 5.25. The largest absolute Gasteiger partial charge is 0.365 e. The van der Waals surface area contributed by atoms with E-state index < -0.39 is 42.0 Å². The molecular formula is C21H25BrF2N6O3S2Si. The number of nitriles is 1. The molecule has 1 aromatic carbocycles. The van der Waals surface area contributed by atoms with Crippen molar-refractivity contribution in [3.05, 3.63) is 21.6 Å². The molecular weight excluding hydrogens is 594 g/mol. The van der Waals surface area contributed by atoms with E-state index in [1.807, 2.05) is 0 Å². The normalized spacial score (nSPS) is 17.2. The summed E-state index contributed by atoms with van der Waals surface area (Å²) in [5, 5.41) is 20.5. The number of rotatable bonds is 10. The fourth-order valence-corrected chi connectivity index (χ4v) is 7.43. The van der Waals surface area contributed by atoms with Crippen molar-refractivity contribution in [3.8, 4) is 16.8 Å². The number of halogens is 3. The Morgan fingerprint density at radius 1 is 1.39 bits per heavy atom. The fourth-order valence-electron chi connectivity index (χ4n) is 3.51. The van der Waals surface area contributed by atoms with E-state index in [-0.39, 0.29) is 37.7 Å². The quantitative estimate of drug-likeness (QED) is 0.175. The van der Waals surface area contributed by atoms with Crippen LogP contribution < -0.4 is 0 Å². The molecule has 1 fully saturated rings. The summed E-state index contributed by atoms with van der Waals surface area (Å²) < 4.78 is 85.4. The Bertz CT molecular complexity index is 1550. The van der Waals surface area contributed by atoms with Gasteiger partial charge in [-0.2, -0.15) is 14.7 Å². The molecule has 0 radical (unpaired) electrons. The van der Waals surface area contributed by atoms with Crippen LogP contribution in [-0.2, 0) is 21.7 Å². The Kier molecular flexibility index (Phi) is 6.34. The summed E-state index contributed by atoms with van der Waals surface area (Å²) in [6, 6.07) is 5.35. The third-order valence-electron chi connectivity index (χ3n) is 5.74. The molecule has 0 saturated heterocycles. The lowest BCUT2D eigenvalue weighted by Gasteiger charge is -2.27. The molecule has 1 aliphatic rings. The molecule has 0 atom stereocenters. The first-order chi connectivity index (χ1) is 18.0. The van der Waals surface area contributed by atoms with Gasteiger partial charge >= 0.3 is 0 Å². The summed E-state index contributed by atoms with van der Waals surface area (Å²) >= 11 is 3.80. The van der Waals surface area contributed by atoms with E-state index in [2.05, 4.69) is 56.9 Å². The summed E-state index contributed by atoms with van der Waals surface area (Å²) in [6.45, 7) is 3.72. The summed E-state index contributed by atoms with van der Waals surface area (Å²) in [5.41, 5.74) is -1.34. The zero-order valence-corrected chi connectivity index (χ0v) is 23.8. The molecule has 0 bridgehead atoms. The van der Waals surface area contributed by atoms with Crippen LogP contribution in [0.2, 0.25) is 25.7 Å². The predicted octanol–water partition coefficient (Wildman–Crippen LogP) is 5.15. The first kappa shape index (κ1) is 23.3. The lowest BCUT2D eigenvalue weighted by atomic mass is 10.2. The average molecular weight is 623 g/mol. The van der Waals surface area contributed by atoms with Gasteiger partial charge in [0, 0.05) is 35.6 Å². The Labute approximate surface area is 225 Å². The van der Waals surface area contributed by atoms with Crippen molar-refractivity contribution in [1.29, 1.82) is 5.26 Å². The van der Waals surface area contributed by atoms with Crippen molar-refractivity contribution in [3.63, 3.8) is 0 Å². The highest BCUT2D eigenvalue weighted by molar-refractivity contribution is 9.10. The van der Waals surface area contributed by atoms with Crippen LogP contribution >= 0.6 is 27.3 Å². The first-order valence-corrected chi connectivity index (χ1v) is 17.6. The maximum atomic E-state index is 13.9. The van der Waals surface area contributed by atoms with Gasteiger partial charge in [-0.3, -0.25) is 4.68 Å². The molecule has 0 unspecified atom stereocenters. The van der Waals surface area contributed by atoms with Crippen LogP contribution in [0.5, 0.6) is 0 Å². The third-order valence-corrected chi connectivity index (χ3v) is 10.8. The Morgan fingerprint density at radius 2 is 2.11 bits per heavy atom. The molecule has 1 saturated carbocycles. The predicted molar refractivity (Wildman–Crippen MR) is 138 cm³/mol. The molecule has 0 aliphatic heterocycles. The van der Waals surface area contributed by atoms with Crippen LogP contribution in [0.1, 0.15) is 28.4 Å². The number of hydrogen-bond donors (Lipinski definition) is 0. The molecule has 194 valence electrons. The van der Waals surface area contributed by atoms with E-state index in [0.29, 0.717) is 35.5 Å². The highest BCUT2D eigenvalue weighted by Crippen LogP contribution is 2.45. The average Bonchev–Trinajstić information content (AvgIpc) is 3.24. The van der Waals surface area contributed by atoms with Gasteiger partial charge in [0.2, 0.25) is 10.0 Å². The molecule has 9 nitrogen and oxygen atoms in total. The number of ether oxygens (including phenoxy) is 1. The lowest BCUT2D eigenvalue weighted by Crippen LogP contribution is -2.43. The van der Waals surface area contributed by atoms with E-state index in [9.17, 15) is 22.5 Å². The van der Waals surface area contributed by atoms with Crippen molar-refractivity contribution < 1.29 is 26.0 Å². The van der Waals surface area contributed by atoms with Gasteiger partial charge < -0.3 is 4.74 Å². The van der Waals surface area contributed by atoms with Gasteiger partial charge in [0.25, 0.3) is 6.43 Å². The van der Waals surface area contributed by atoms with Crippen LogP contribution in [0.25, 0.3) is 21.6 Å². The number of alkyl halides is 2. The summed E-state index contributed by atoms with van der Waals surface area (Å²) in [6.07, 6.45) is -2.22. The standard InChI is InChI=1S/C21H25BrF2N6O3S2Si/c1-29-17-14(16(28-29)19-26-27-20(34-19)18(23)24)9-13(10-15(17)22)35(31,32)30(21(11-25)5-6-21)12-33-7-8-36(2,3)4/h9-10,18H,5-8,12H2,1-4H3/i1D3. The van der Waals surface area contributed by atoms with Crippen molar-refractivity contribution in [2.45, 2.75) is 55.4 Å². The Balaban J connectivity index is 1.83. The van der Waals surface area contributed by atoms with Gasteiger partial charge in [0.05, 0.1) is 16.5 Å². The van der Waals surface area contributed by atoms with E-state index in [1.54, 1.807) is 0 Å². The molecule has 2 heterocycles. The van der Waals surface area contributed by atoms with Crippen LogP contribution in [0, 0.1) is 11.3 Å². The van der Waals surface area contributed by atoms with Crippen LogP contribution in [0.15, 0.2) is 21.5 Å². The number of sulfonamides is 1. The first-order valence-electron chi connectivity index (χ1n) is 12.4. The number of aryl methyl sites for hydroxylation is 1. The minimum Gasteiger partial charge on any atom is -0.365 e. The highest BCUT2D eigenvalue weighted by atomic mass is 79.9. The molecule has 0 N–H and O–H groups in total. The lowest BCUT2D eigenvalue weighted by molar-refractivity contribution is 0.0660. The van der Waals surface area contributed by atoms with Gasteiger partial charge in [-0.05, 0) is 46.9 Å². The van der Waals surface area contributed by atoms with Crippen LogP contribution in [0.4, 0.5) is 8.78 Å². The van der Waals surface area contributed by atoms with E-state index in [4.69, 9.17) is 8.85 Å². The maximum Gasteiger partial charge on any atom is 0.291 e. The van der Waals surface area contributed by atoms with Crippen molar-refractivity contribution >= 4 is 56.3 Å². The second kappa shape index (κ2) is 9.80. The minimum absolute atomic E-state index is 0.0251. The number of hydrogen-bond acceptors (Lipinski definition) is 8. The van der Waals surface area contributed by atoms with E-state index >= 15 is 0 Å². The van der Waals surface area contributed by atoms with Gasteiger partial charge in [0.1, 0.15) is 18.0 Å². The number of benzene rings is 1. The molecule has 0 amide bonds. The van der Waals surface area contributed by atoms with Gasteiger partial charge in [-0.25, -0.2) is 17.2 Å². The molecule has 4 rings (SSSR count). The molecule has 15 heteroatoms. The number of fused-ring (bicyclic) bond motifs is 1. The zero-order chi connectivity index (χ0) is 29.0. The topological polar surface area (TPSA) is 114 Å². The second-order valence-corrected chi connectivity index (χ2v) is 19.0. The zero-order valence-electron chi connectivity index (χ0n) is 22.6. The van der Waals surface area contributed by atoms with Gasteiger partial charge in [0.15, 0.2) is 10.0 Å². The minimum atomic E-state index is -4.33. The summed E-state index contributed by atoms with van der Waals surface area (Å²) in [5.74, 6) is 0. The summed E-state index contributed by atoms with van der Waals surface area (Å²) in [4.78, 5) is -0.248. The molecule has 3 aromatic rings. The highest BCUT2D eigenvalue weighted by Gasteiger charge is 2.54. The number of nitrogens with zero attached hydrogens (tertiary/aromatic N) is 6. The Hall–Kier alpha value is -1.83. The van der Waals surface area contributed by atoms with Crippen molar-refractivity contribution in [1.82, 2.24) is 24.3 Å². The monoisotopic (exact) mass is 621 g/mol. The van der Waals surface area contributed by atoms with Crippen molar-refractivity contribution in [2.75, 3.05) is 13.3 Å². The number of aromatic nitrogens is 4. The second-order valence-electron chi connectivity index (χ2n) is 9.65. The fraction of sp³-hybridized carbons (Fsp3) is 0.524. The van der Waals surface area contributed by atoms with Crippen LogP contribution in [0.3, 0.4) is 0 Å². The van der Waals surface area contributed by atoms with Gasteiger partial charge in [-0.1, -0.05) is 31.0 Å². The molecule has 36 heavy (non-hydrogen) atoms. The van der Waals surface area contributed by atoms with Crippen LogP contribution in [-0.4, -0.2) is 59.7 Å². The summed E-state index contributed by atoms with van der Waals surface area (Å²) in [7, 11) is -5.78. The molecule has 2 aromatic heterocycles.